The highest BCUT2D eigenvalue weighted by atomic mass is 16.5. The third-order valence-corrected chi connectivity index (χ3v) is 2.56. The summed E-state index contributed by atoms with van der Waals surface area (Å²) >= 11 is 0. The third-order valence-electron chi connectivity index (χ3n) is 2.56. The van der Waals surface area contributed by atoms with Gasteiger partial charge in [-0.3, -0.25) is 0 Å². The standard InChI is InChI=1S/C11H13N2O/c12-13-9-5-7-11(8-6-9)14-10-3-1-2-4-10/h5-8,10H,1-4H2/q+1. The molecule has 1 aromatic rings. The van der Waals surface area contributed by atoms with E-state index in [1.807, 2.05) is 12.1 Å². The first-order valence-corrected chi connectivity index (χ1v) is 5.00. The van der Waals surface area contributed by atoms with Crippen LogP contribution in [0, 0.1) is 5.39 Å². The van der Waals surface area contributed by atoms with Crippen LogP contribution in [-0.4, -0.2) is 6.10 Å². The summed E-state index contributed by atoms with van der Waals surface area (Å²) in [5, 5.41) is 8.50. The highest BCUT2D eigenvalue weighted by Crippen LogP contribution is 2.25. The second-order valence-electron chi connectivity index (χ2n) is 3.62. The fraction of sp³-hybridized carbons (Fsp3) is 0.455. The Morgan fingerprint density at radius 1 is 1.14 bits per heavy atom. The van der Waals surface area contributed by atoms with Crippen LogP contribution in [0.5, 0.6) is 5.75 Å². The largest absolute Gasteiger partial charge is 0.490 e. The molecule has 3 heteroatoms. The first kappa shape index (κ1) is 9.01. The molecule has 72 valence electrons. The average molecular weight is 189 g/mol. The molecule has 0 spiro atoms. The Morgan fingerprint density at radius 2 is 1.79 bits per heavy atom. The Hall–Kier alpha value is -1.56. The lowest BCUT2D eigenvalue weighted by Gasteiger charge is -2.11. The number of ether oxygens (including phenoxy) is 1. The first-order chi connectivity index (χ1) is 6.88. The van der Waals surface area contributed by atoms with Gasteiger partial charge in [0.05, 0.1) is 6.10 Å². The third kappa shape index (κ3) is 2.02. The van der Waals surface area contributed by atoms with E-state index in [4.69, 9.17) is 10.1 Å². The van der Waals surface area contributed by atoms with Gasteiger partial charge in [-0.05, 0) is 37.8 Å². The van der Waals surface area contributed by atoms with Gasteiger partial charge in [0.2, 0.25) is 5.39 Å². The summed E-state index contributed by atoms with van der Waals surface area (Å²) in [6.45, 7) is 0. The van der Waals surface area contributed by atoms with Crippen molar-refractivity contribution in [3.63, 3.8) is 0 Å². The van der Waals surface area contributed by atoms with Crippen molar-refractivity contribution in [1.29, 1.82) is 5.39 Å². The van der Waals surface area contributed by atoms with E-state index in [1.54, 1.807) is 12.1 Å². The van der Waals surface area contributed by atoms with Crippen molar-refractivity contribution in [2.75, 3.05) is 0 Å². The second-order valence-corrected chi connectivity index (χ2v) is 3.62. The van der Waals surface area contributed by atoms with Gasteiger partial charge in [0.1, 0.15) is 5.75 Å². The van der Waals surface area contributed by atoms with Crippen LogP contribution in [0.15, 0.2) is 24.3 Å². The molecule has 2 rings (SSSR count). The number of diazo groups is 1. The van der Waals surface area contributed by atoms with Crippen LogP contribution in [0.25, 0.3) is 4.98 Å². The van der Waals surface area contributed by atoms with Crippen molar-refractivity contribution in [1.82, 2.24) is 0 Å². The molecule has 0 heterocycles. The molecule has 0 N–H and O–H groups in total. The zero-order chi connectivity index (χ0) is 9.80. The number of nitrogens with zero attached hydrogens (tertiary/aromatic N) is 2. The lowest BCUT2D eigenvalue weighted by molar-refractivity contribution is 0.210. The van der Waals surface area contributed by atoms with Gasteiger partial charge in [0, 0.05) is 12.1 Å². The molecule has 1 aliphatic carbocycles. The van der Waals surface area contributed by atoms with Crippen LogP contribution in [0.2, 0.25) is 0 Å². The Balaban J connectivity index is 1.99. The highest BCUT2D eigenvalue weighted by molar-refractivity contribution is 5.46. The van der Waals surface area contributed by atoms with Crippen LogP contribution < -0.4 is 4.74 Å². The number of hydrogen-bond donors (Lipinski definition) is 0. The van der Waals surface area contributed by atoms with Crippen LogP contribution in [0.3, 0.4) is 0 Å². The van der Waals surface area contributed by atoms with Gasteiger partial charge >= 0.3 is 5.69 Å². The van der Waals surface area contributed by atoms with Crippen LogP contribution in [-0.2, 0) is 0 Å². The normalized spacial score (nSPS) is 16.5. The first-order valence-electron chi connectivity index (χ1n) is 5.00. The SMILES string of the molecule is N#[N+]c1ccc(OC2CCCC2)cc1. The Kier molecular flexibility index (Phi) is 2.64. The minimum atomic E-state index is 0.381. The molecule has 1 aromatic carbocycles. The summed E-state index contributed by atoms with van der Waals surface area (Å²) in [6, 6.07) is 7.16. The maximum absolute atomic E-state index is 8.50. The summed E-state index contributed by atoms with van der Waals surface area (Å²) in [5.41, 5.74) is 0.559. The van der Waals surface area contributed by atoms with E-state index in [1.165, 1.54) is 12.8 Å². The van der Waals surface area contributed by atoms with Gasteiger partial charge in [-0.2, -0.15) is 0 Å². The molecule has 0 radical (unpaired) electrons. The Labute approximate surface area is 83.3 Å². The molecule has 0 bridgehead atoms. The van der Waals surface area contributed by atoms with E-state index in [0.29, 0.717) is 11.8 Å². The lowest BCUT2D eigenvalue weighted by Crippen LogP contribution is -2.10. The average Bonchev–Trinajstić information content (AvgIpc) is 2.72. The van der Waals surface area contributed by atoms with Gasteiger partial charge < -0.3 is 4.74 Å². The molecule has 0 unspecified atom stereocenters. The molecule has 0 saturated heterocycles. The van der Waals surface area contributed by atoms with E-state index in [2.05, 4.69) is 4.98 Å². The molecule has 1 aliphatic rings. The molecule has 0 amide bonds. The minimum absolute atomic E-state index is 0.381. The Morgan fingerprint density at radius 3 is 2.36 bits per heavy atom. The molecule has 1 saturated carbocycles. The lowest BCUT2D eigenvalue weighted by atomic mass is 10.3. The highest BCUT2D eigenvalue weighted by Gasteiger charge is 2.16. The molecule has 0 aromatic heterocycles. The van der Waals surface area contributed by atoms with Crippen LogP contribution in [0.4, 0.5) is 5.69 Å². The fourth-order valence-electron chi connectivity index (χ4n) is 1.79. The van der Waals surface area contributed by atoms with Gasteiger partial charge in [-0.15, -0.1) is 0 Å². The monoisotopic (exact) mass is 189 g/mol. The van der Waals surface area contributed by atoms with Gasteiger partial charge in [0.25, 0.3) is 0 Å². The topological polar surface area (TPSA) is 37.4 Å². The molecule has 0 atom stereocenters. The van der Waals surface area contributed by atoms with E-state index >= 15 is 0 Å². The van der Waals surface area contributed by atoms with E-state index < -0.39 is 0 Å². The summed E-state index contributed by atoms with van der Waals surface area (Å²) in [4.78, 5) is 3.09. The number of hydrogen-bond acceptors (Lipinski definition) is 2. The molecular formula is C11H13N2O+. The van der Waals surface area contributed by atoms with Crippen LogP contribution in [0.1, 0.15) is 25.7 Å². The van der Waals surface area contributed by atoms with Crippen molar-refractivity contribution in [2.24, 2.45) is 0 Å². The quantitative estimate of drug-likeness (QED) is 0.668. The van der Waals surface area contributed by atoms with Crippen LogP contribution >= 0.6 is 0 Å². The molecule has 1 fully saturated rings. The van der Waals surface area contributed by atoms with E-state index in [9.17, 15) is 0 Å². The maximum atomic E-state index is 8.50. The van der Waals surface area contributed by atoms with Crippen molar-refractivity contribution < 1.29 is 4.74 Å². The van der Waals surface area contributed by atoms with Gasteiger partial charge in [0.15, 0.2) is 4.98 Å². The van der Waals surface area contributed by atoms with Gasteiger partial charge in [-0.1, -0.05) is 0 Å². The number of rotatable bonds is 2. The summed E-state index contributed by atoms with van der Waals surface area (Å²) < 4.78 is 5.75. The predicted octanol–water partition coefficient (Wildman–Crippen LogP) is 3.49. The van der Waals surface area contributed by atoms with Crippen molar-refractivity contribution in [3.8, 4) is 5.75 Å². The summed E-state index contributed by atoms with van der Waals surface area (Å²) in [5.74, 6) is 0.865. The Bertz CT molecular complexity index is 333. The zero-order valence-corrected chi connectivity index (χ0v) is 8.02. The zero-order valence-electron chi connectivity index (χ0n) is 8.02. The summed E-state index contributed by atoms with van der Waals surface area (Å²) in [7, 11) is 0. The minimum Gasteiger partial charge on any atom is -0.490 e. The smallest absolute Gasteiger partial charge is 0.385 e. The van der Waals surface area contributed by atoms with Crippen molar-refractivity contribution >= 4 is 5.69 Å². The van der Waals surface area contributed by atoms with E-state index in [0.717, 1.165) is 18.6 Å². The molecule has 0 aliphatic heterocycles. The molecule has 14 heavy (non-hydrogen) atoms. The predicted molar refractivity (Wildman–Crippen MR) is 54.1 cm³/mol. The van der Waals surface area contributed by atoms with E-state index in [-0.39, 0.29) is 0 Å². The van der Waals surface area contributed by atoms with Crippen molar-refractivity contribution in [3.05, 3.63) is 29.2 Å². The van der Waals surface area contributed by atoms with Crippen molar-refractivity contribution in [2.45, 2.75) is 31.8 Å². The number of benzene rings is 1. The maximum Gasteiger partial charge on any atom is 0.385 e. The fourth-order valence-corrected chi connectivity index (χ4v) is 1.79. The molecule has 3 nitrogen and oxygen atoms in total. The van der Waals surface area contributed by atoms with Gasteiger partial charge in [-0.25, -0.2) is 0 Å². The second kappa shape index (κ2) is 4.10. The molecular weight excluding hydrogens is 176 g/mol. The summed E-state index contributed by atoms with van der Waals surface area (Å²) in [6.07, 6.45) is 5.24.